The van der Waals surface area contributed by atoms with Crippen LogP contribution in [0.4, 0.5) is 0 Å². The molecule has 1 aromatic carbocycles. The maximum atomic E-state index is 11.1. The van der Waals surface area contributed by atoms with Crippen molar-refractivity contribution in [2.75, 3.05) is 0 Å². The van der Waals surface area contributed by atoms with Crippen LogP contribution in [-0.2, 0) is 0 Å². The molecule has 0 saturated heterocycles. The number of rotatable bonds is 2. The molecule has 0 aliphatic carbocycles. The Labute approximate surface area is 81.8 Å². The molecule has 1 aromatic heterocycles. The van der Waals surface area contributed by atoms with Crippen molar-refractivity contribution in [3.63, 3.8) is 0 Å². The fourth-order valence-electron chi connectivity index (χ4n) is 1.32. The summed E-state index contributed by atoms with van der Waals surface area (Å²) in [5.41, 5.74) is 2.53. The summed E-state index contributed by atoms with van der Waals surface area (Å²) in [6, 6.07) is 9.32. The standard InChI is InChI=1S/C11H10N2O/c1-8(14)9-3-2-4-10(7-9)11-5-6-12-13-11/h2-7H,1H3,(H,12,13). The molecule has 2 aromatic rings. The summed E-state index contributed by atoms with van der Waals surface area (Å²) >= 11 is 0. The van der Waals surface area contributed by atoms with Crippen molar-refractivity contribution in [2.45, 2.75) is 6.92 Å². The number of hydrogen-bond donors (Lipinski definition) is 1. The molecule has 3 heteroatoms. The third-order valence-electron chi connectivity index (χ3n) is 2.07. The molecule has 0 unspecified atom stereocenters. The first kappa shape index (κ1) is 8.69. The quantitative estimate of drug-likeness (QED) is 0.731. The van der Waals surface area contributed by atoms with Crippen LogP contribution in [-0.4, -0.2) is 16.0 Å². The van der Waals surface area contributed by atoms with E-state index in [2.05, 4.69) is 10.2 Å². The van der Waals surface area contributed by atoms with Crippen molar-refractivity contribution in [1.82, 2.24) is 10.2 Å². The predicted octanol–water partition coefficient (Wildman–Crippen LogP) is 2.28. The van der Waals surface area contributed by atoms with Gasteiger partial charge in [-0.1, -0.05) is 18.2 Å². The second-order valence-corrected chi connectivity index (χ2v) is 3.10. The smallest absolute Gasteiger partial charge is 0.159 e. The van der Waals surface area contributed by atoms with Crippen LogP contribution in [0.3, 0.4) is 0 Å². The zero-order chi connectivity index (χ0) is 9.97. The second kappa shape index (κ2) is 3.46. The van der Waals surface area contributed by atoms with Crippen LogP contribution in [0, 0.1) is 0 Å². The largest absolute Gasteiger partial charge is 0.295 e. The third kappa shape index (κ3) is 1.57. The lowest BCUT2D eigenvalue weighted by Gasteiger charge is -1.98. The zero-order valence-corrected chi connectivity index (χ0v) is 7.82. The number of ketones is 1. The van der Waals surface area contributed by atoms with Gasteiger partial charge >= 0.3 is 0 Å². The molecule has 0 spiro atoms. The van der Waals surface area contributed by atoms with Crippen LogP contribution in [0.5, 0.6) is 0 Å². The zero-order valence-electron chi connectivity index (χ0n) is 7.82. The van der Waals surface area contributed by atoms with Gasteiger partial charge in [0.2, 0.25) is 0 Å². The summed E-state index contributed by atoms with van der Waals surface area (Å²) in [6.07, 6.45) is 1.76. The van der Waals surface area contributed by atoms with E-state index in [9.17, 15) is 4.79 Å². The predicted molar refractivity (Wildman–Crippen MR) is 54.0 cm³/mol. The van der Waals surface area contributed by atoms with E-state index in [4.69, 9.17) is 0 Å². The van der Waals surface area contributed by atoms with E-state index in [1.165, 1.54) is 0 Å². The molecular weight excluding hydrogens is 176 g/mol. The first-order valence-electron chi connectivity index (χ1n) is 4.38. The van der Waals surface area contributed by atoms with E-state index in [-0.39, 0.29) is 5.78 Å². The average molecular weight is 186 g/mol. The molecule has 0 aliphatic rings. The Bertz CT molecular complexity index is 446. The normalized spacial score (nSPS) is 10.1. The van der Waals surface area contributed by atoms with Gasteiger partial charge in [-0.3, -0.25) is 9.89 Å². The average Bonchev–Trinajstić information content (AvgIpc) is 2.71. The van der Waals surface area contributed by atoms with Gasteiger partial charge in [0.1, 0.15) is 0 Å². The lowest BCUT2D eigenvalue weighted by Crippen LogP contribution is -1.91. The first-order chi connectivity index (χ1) is 6.77. The SMILES string of the molecule is CC(=O)c1cccc(-c2cc[nH]n2)c1. The molecule has 0 aliphatic heterocycles. The number of nitrogens with one attached hydrogen (secondary N) is 1. The first-order valence-corrected chi connectivity index (χ1v) is 4.38. The van der Waals surface area contributed by atoms with Crippen LogP contribution in [0.1, 0.15) is 17.3 Å². The molecule has 14 heavy (non-hydrogen) atoms. The summed E-state index contributed by atoms with van der Waals surface area (Å²) in [5, 5.41) is 6.79. The molecule has 3 nitrogen and oxygen atoms in total. The summed E-state index contributed by atoms with van der Waals surface area (Å²) in [4.78, 5) is 11.1. The molecular formula is C11H10N2O. The highest BCUT2D eigenvalue weighted by Crippen LogP contribution is 2.17. The lowest BCUT2D eigenvalue weighted by atomic mass is 10.1. The molecule has 0 saturated carbocycles. The van der Waals surface area contributed by atoms with Crippen molar-refractivity contribution in [3.05, 3.63) is 42.1 Å². The van der Waals surface area contributed by atoms with Crippen molar-refractivity contribution < 1.29 is 4.79 Å². The molecule has 0 atom stereocenters. The highest BCUT2D eigenvalue weighted by atomic mass is 16.1. The minimum absolute atomic E-state index is 0.0717. The van der Waals surface area contributed by atoms with Gasteiger partial charge in [0.25, 0.3) is 0 Å². The number of carbonyl (C=O) groups excluding carboxylic acids is 1. The van der Waals surface area contributed by atoms with Crippen LogP contribution in [0.25, 0.3) is 11.3 Å². The minimum Gasteiger partial charge on any atom is -0.295 e. The molecule has 1 heterocycles. The number of hydrogen-bond acceptors (Lipinski definition) is 2. The summed E-state index contributed by atoms with van der Waals surface area (Å²) in [5.74, 6) is 0.0717. The van der Waals surface area contributed by atoms with Gasteiger partial charge in [-0.15, -0.1) is 0 Å². The number of nitrogens with zero attached hydrogens (tertiary/aromatic N) is 1. The van der Waals surface area contributed by atoms with Gasteiger partial charge < -0.3 is 0 Å². The Morgan fingerprint density at radius 1 is 1.36 bits per heavy atom. The second-order valence-electron chi connectivity index (χ2n) is 3.10. The van der Waals surface area contributed by atoms with Crippen LogP contribution in [0.2, 0.25) is 0 Å². The topological polar surface area (TPSA) is 45.8 Å². The molecule has 0 amide bonds. The van der Waals surface area contributed by atoms with E-state index in [1.54, 1.807) is 19.2 Å². The molecule has 0 radical (unpaired) electrons. The van der Waals surface area contributed by atoms with E-state index in [0.717, 1.165) is 11.3 Å². The monoisotopic (exact) mass is 186 g/mol. The highest BCUT2D eigenvalue weighted by Gasteiger charge is 2.03. The molecule has 70 valence electrons. The Balaban J connectivity index is 2.46. The maximum absolute atomic E-state index is 11.1. The van der Waals surface area contributed by atoms with Crippen molar-refractivity contribution >= 4 is 5.78 Å². The lowest BCUT2D eigenvalue weighted by molar-refractivity contribution is 0.101. The van der Waals surface area contributed by atoms with Gasteiger partial charge in [0.15, 0.2) is 5.78 Å². The third-order valence-corrected chi connectivity index (χ3v) is 2.07. The molecule has 1 N–H and O–H groups in total. The van der Waals surface area contributed by atoms with E-state index >= 15 is 0 Å². The molecule has 0 fully saturated rings. The Kier molecular flexibility index (Phi) is 2.14. The number of benzene rings is 1. The van der Waals surface area contributed by atoms with Crippen LogP contribution < -0.4 is 0 Å². The van der Waals surface area contributed by atoms with Gasteiger partial charge in [0.05, 0.1) is 5.69 Å². The minimum atomic E-state index is 0.0717. The number of carbonyl (C=O) groups is 1. The summed E-state index contributed by atoms with van der Waals surface area (Å²) < 4.78 is 0. The molecule has 2 rings (SSSR count). The Hall–Kier alpha value is -1.90. The number of aromatic amines is 1. The fraction of sp³-hybridized carbons (Fsp3) is 0.0909. The van der Waals surface area contributed by atoms with Gasteiger partial charge in [0, 0.05) is 17.3 Å². The van der Waals surface area contributed by atoms with E-state index < -0.39 is 0 Å². The highest BCUT2D eigenvalue weighted by molar-refractivity contribution is 5.95. The van der Waals surface area contributed by atoms with Crippen LogP contribution in [0.15, 0.2) is 36.5 Å². The fourth-order valence-corrected chi connectivity index (χ4v) is 1.32. The van der Waals surface area contributed by atoms with Crippen molar-refractivity contribution in [2.24, 2.45) is 0 Å². The van der Waals surface area contributed by atoms with Crippen molar-refractivity contribution in [3.8, 4) is 11.3 Å². The maximum Gasteiger partial charge on any atom is 0.159 e. The van der Waals surface area contributed by atoms with Gasteiger partial charge in [-0.2, -0.15) is 5.10 Å². The van der Waals surface area contributed by atoms with E-state index in [0.29, 0.717) is 5.56 Å². The number of H-pyrrole nitrogens is 1. The summed E-state index contributed by atoms with van der Waals surface area (Å²) in [7, 11) is 0. The number of Topliss-reactive ketones (excluding diaryl/α,β-unsaturated/α-hetero) is 1. The van der Waals surface area contributed by atoms with Crippen molar-refractivity contribution in [1.29, 1.82) is 0 Å². The number of aromatic nitrogens is 2. The Morgan fingerprint density at radius 3 is 2.86 bits per heavy atom. The Morgan fingerprint density at radius 2 is 2.21 bits per heavy atom. The van der Waals surface area contributed by atoms with E-state index in [1.807, 2.05) is 24.3 Å². The van der Waals surface area contributed by atoms with Crippen LogP contribution >= 0.6 is 0 Å². The summed E-state index contributed by atoms with van der Waals surface area (Å²) in [6.45, 7) is 1.56. The van der Waals surface area contributed by atoms with Gasteiger partial charge in [-0.25, -0.2) is 0 Å². The molecule has 0 bridgehead atoms. The van der Waals surface area contributed by atoms with Gasteiger partial charge in [-0.05, 0) is 19.1 Å².